The van der Waals surface area contributed by atoms with E-state index >= 15 is 0 Å². The maximum Gasteiger partial charge on any atom is 0.141 e. The number of halogens is 2. The predicted molar refractivity (Wildman–Crippen MR) is 67.7 cm³/mol. The maximum atomic E-state index is 13.0. The van der Waals surface area contributed by atoms with Crippen molar-refractivity contribution < 1.29 is 4.39 Å². The molecule has 2 rings (SSSR count). The quantitative estimate of drug-likeness (QED) is 0.896. The normalized spacial score (nSPS) is 10.3. The lowest BCUT2D eigenvalue weighted by Gasteiger charge is -2.06. The van der Waals surface area contributed by atoms with Crippen molar-refractivity contribution in [2.24, 2.45) is 0 Å². The molecule has 0 radical (unpaired) electrons. The fourth-order valence-corrected chi connectivity index (χ4v) is 1.68. The lowest BCUT2D eigenvalue weighted by molar-refractivity contribution is 0.627. The number of benzene rings is 1. The molecule has 88 valence electrons. The fourth-order valence-electron chi connectivity index (χ4n) is 1.48. The van der Waals surface area contributed by atoms with Crippen molar-refractivity contribution in [3.8, 4) is 0 Å². The van der Waals surface area contributed by atoms with E-state index in [1.54, 1.807) is 18.3 Å². The largest absolute Gasteiger partial charge is 0.366 e. The summed E-state index contributed by atoms with van der Waals surface area (Å²) < 4.78 is 13.0. The highest BCUT2D eigenvalue weighted by Crippen LogP contribution is 2.16. The molecule has 0 bridgehead atoms. The zero-order valence-corrected chi connectivity index (χ0v) is 10.1. The Kier molecular flexibility index (Phi) is 3.59. The number of anilines is 1. The van der Waals surface area contributed by atoms with Gasteiger partial charge in [-0.15, -0.1) is 0 Å². The monoisotopic (exact) mass is 250 g/mol. The molecule has 1 heterocycles. The molecule has 2 aromatic rings. The van der Waals surface area contributed by atoms with E-state index in [9.17, 15) is 4.39 Å². The number of hydrogen-bond donors (Lipinski definition) is 1. The molecule has 17 heavy (non-hydrogen) atoms. The number of aryl methyl sites for hydroxylation is 1. The molecule has 0 aliphatic rings. The molecule has 2 nitrogen and oxygen atoms in total. The van der Waals surface area contributed by atoms with E-state index < -0.39 is 5.82 Å². The molecule has 0 amide bonds. The molecule has 4 heteroatoms. The second-order valence-electron chi connectivity index (χ2n) is 3.82. The molecule has 0 fully saturated rings. The van der Waals surface area contributed by atoms with Crippen LogP contribution in [0.1, 0.15) is 11.1 Å². The first-order chi connectivity index (χ1) is 8.15. The maximum absolute atomic E-state index is 13.0. The van der Waals surface area contributed by atoms with Crippen LogP contribution < -0.4 is 5.32 Å². The molecule has 0 spiro atoms. The molecule has 1 aromatic heterocycles. The van der Waals surface area contributed by atoms with Crippen molar-refractivity contribution in [2.45, 2.75) is 13.5 Å². The average Bonchev–Trinajstić information content (AvgIpc) is 2.31. The highest BCUT2D eigenvalue weighted by atomic mass is 35.5. The van der Waals surface area contributed by atoms with Gasteiger partial charge < -0.3 is 5.32 Å². The van der Waals surface area contributed by atoms with Crippen LogP contribution in [0.5, 0.6) is 0 Å². The van der Waals surface area contributed by atoms with Gasteiger partial charge in [-0.2, -0.15) is 0 Å². The summed E-state index contributed by atoms with van der Waals surface area (Å²) in [6, 6.07) is 8.55. The minimum absolute atomic E-state index is 0.140. The van der Waals surface area contributed by atoms with E-state index in [1.807, 2.05) is 19.1 Å². The Balaban J connectivity index is 2.05. The van der Waals surface area contributed by atoms with E-state index in [-0.39, 0.29) is 5.02 Å². The molecule has 0 saturated heterocycles. The zero-order chi connectivity index (χ0) is 12.3. The molecular formula is C13H12ClFN2. The first kappa shape index (κ1) is 11.9. The molecular weight excluding hydrogens is 239 g/mol. The Morgan fingerprint density at radius 2 is 2.12 bits per heavy atom. The van der Waals surface area contributed by atoms with Crippen LogP contribution in [0.2, 0.25) is 5.02 Å². The molecule has 1 N–H and O–H groups in total. The Morgan fingerprint density at radius 1 is 1.29 bits per heavy atom. The van der Waals surface area contributed by atoms with Gasteiger partial charge >= 0.3 is 0 Å². The lowest BCUT2D eigenvalue weighted by atomic mass is 10.2. The van der Waals surface area contributed by atoms with E-state index in [0.717, 1.165) is 16.9 Å². The van der Waals surface area contributed by atoms with Gasteiger partial charge in [0, 0.05) is 12.7 Å². The predicted octanol–water partition coefficient (Wildman–Crippen LogP) is 3.79. The standard InChI is InChI=1S/C13H12ClFN2/c1-9-4-5-16-13(6-9)17-8-10-2-3-12(15)11(14)7-10/h2-7H,8H2,1H3,(H,16,17). The van der Waals surface area contributed by atoms with Crippen molar-refractivity contribution in [3.63, 3.8) is 0 Å². The first-order valence-electron chi connectivity index (χ1n) is 5.25. The third-order valence-electron chi connectivity index (χ3n) is 2.37. The lowest BCUT2D eigenvalue weighted by Crippen LogP contribution is -2.01. The fraction of sp³-hybridized carbons (Fsp3) is 0.154. The van der Waals surface area contributed by atoms with Crippen LogP contribution in [0.3, 0.4) is 0 Å². The summed E-state index contributed by atoms with van der Waals surface area (Å²) in [5.74, 6) is 0.398. The summed E-state index contributed by atoms with van der Waals surface area (Å²) in [5.41, 5.74) is 2.05. The summed E-state index contributed by atoms with van der Waals surface area (Å²) in [6.45, 7) is 2.57. The van der Waals surface area contributed by atoms with Gasteiger partial charge in [0.1, 0.15) is 11.6 Å². The highest BCUT2D eigenvalue weighted by Gasteiger charge is 2.01. The smallest absolute Gasteiger partial charge is 0.141 e. The number of hydrogen-bond acceptors (Lipinski definition) is 2. The summed E-state index contributed by atoms with van der Waals surface area (Å²) in [6.07, 6.45) is 1.75. The van der Waals surface area contributed by atoms with Gasteiger partial charge in [-0.3, -0.25) is 0 Å². The van der Waals surface area contributed by atoms with Gasteiger partial charge in [-0.25, -0.2) is 9.37 Å². The van der Waals surface area contributed by atoms with Crippen molar-refractivity contribution in [1.29, 1.82) is 0 Å². The van der Waals surface area contributed by atoms with Crippen molar-refractivity contribution in [1.82, 2.24) is 4.98 Å². The number of nitrogens with zero attached hydrogens (tertiary/aromatic N) is 1. The number of rotatable bonds is 3. The summed E-state index contributed by atoms with van der Waals surface area (Å²) >= 11 is 5.70. The third-order valence-corrected chi connectivity index (χ3v) is 2.66. The SMILES string of the molecule is Cc1ccnc(NCc2ccc(F)c(Cl)c2)c1. The number of aromatic nitrogens is 1. The van der Waals surface area contributed by atoms with E-state index in [1.165, 1.54) is 6.07 Å². The summed E-state index contributed by atoms with van der Waals surface area (Å²) in [5, 5.41) is 3.30. The minimum atomic E-state index is -0.399. The van der Waals surface area contributed by atoms with Gasteiger partial charge in [0.25, 0.3) is 0 Å². The molecule has 0 unspecified atom stereocenters. The van der Waals surface area contributed by atoms with Crippen LogP contribution in [-0.2, 0) is 6.54 Å². The second-order valence-corrected chi connectivity index (χ2v) is 4.23. The van der Waals surface area contributed by atoms with E-state index in [0.29, 0.717) is 6.54 Å². The topological polar surface area (TPSA) is 24.9 Å². The van der Waals surface area contributed by atoms with Crippen LogP contribution in [0, 0.1) is 12.7 Å². The van der Waals surface area contributed by atoms with Gasteiger partial charge in [-0.05, 0) is 42.3 Å². The average molecular weight is 251 g/mol. The Morgan fingerprint density at radius 3 is 2.82 bits per heavy atom. The van der Waals surface area contributed by atoms with E-state index in [2.05, 4.69) is 10.3 Å². The summed E-state index contributed by atoms with van der Waals surface area (Å²) in [7, 11) is 0. The minimum Gasteiger partial charge on any atom is -0.366 e. The molecule has 0 aliphatic carbocycles. The van der Waals surface area contributed by atoms with Crippen LogP contribution in [0.15, 0.2) is 36.5 Å². The molecule has 0 saturated carbocycles. The Hall–Kier alpha value is -1.61. The first-order valence-corrected chi connectivity index (χ1v) is 5.63. The highest BCUT2D eigenvalue weighted by molar-refractivity contribution is 6.30. The van der Waals surface area contributed by atoms with Crippen molar-refractivity contribution in [2.75, 3.05) is 5.32 Å². The Bertz CT molecular complexity index is 529. The van der Waals surface area contributed by atoms with Gasteiger partial charge in [0.05, 0.1) is 5.02 Å². The van der Waals surface area contributed by atoms with Crippen LogP contribution in [0.25, 0.3) is 0 Å². The Labute approximate surface area is 104 Å². The van der Waals surface area contributed by atoms with Crippen molar-refractivity contribution in [3.05, 3.63) is 58.5 Å². The van der Waals surface area contributed by atoms with Crippen LogP contribution in [0.4, 0.5) is 10.2 Å². The zero-order valence-electron chi connectivity index (χ0n) is 9.37. The molecule has 0 aliphatic heterocycles. The van der Waals surface area contributed by atoms with Crippen molar-refractivity contribution >= 4 is 17.4 Å². The van der Waals surface area contributed by atoms with Crippen LogP contribution in [-0.4, -0.2) is 4.98 Å². The third kappa shape index (κ3) is 3.17. The van der Waals surface area contributed by atoms with Gasteiger partial charge in [-0.1, -0.05) is 17.7 Å². The van der Waals surface area contributed by atoms with Crippen LogP contribution >= 0.6 is 11.6 Å². The molecule has 1 aromatic carbocycles. The van der Waals surface area contributed by atoms with Gasteiger partial charge in [0.2, 0.25) is 0 Å². The molecule has 0 atom stereocenters. The summed E-state index contributed by atoms with van der Waals surface area (Å²) in [4.78, 5) is 4.18. The van der Waals surface area contributed by atoms with Gasteiger partial charge in [0.15, 0.2) is 0 Å². The number of nitrogens with one attached hydrogen (secondary N) is 1. The van der Waals surface area contributed by atoms with E-state index in [4.69, 9.17) is 11.6 Å². The number of pyridine rings is 1. The second kappa shape index (κ2) is 5.15.